The van der Waals surface area contributed by atoms with Crippen molar-refractivity contribution in [1.82, 2.24) is 4.90 Å². The van der Waals surface area contributed by atoms with Crippen LogP contribution in [0.2, 0.25) is 0 Å². The Morgan fingerprint density at radius 1 is 0.667 bits per heavy atom. The maximum Gasteiger partial charge on any atom is 0.409 e. The Morgan fingerprint density at radius 3 is 1.44 bits per heavy atom. The first-order valence-electron chi connectivity index (χ1n) is 12.0. The van der Waals surface area contributed by atoms with Crippen LogP contribution in [0.25, 0.3) is 0 Å². The zero-order valence-electron chi connectivity index (χ0n) is 19.1. The van der Waals surface area contributed by atoms with E-state index in [0.29, 0.717) is 6.04 Å². The molecule has 0 aliphatic carbocycles. The SMILES string of the molecule is CCCCCCCCCCCCCCCCCC(CCC)N(C)C(=O)OC. The Kier molecular flexibility index (Phi) is 19.5. The maximum absolute atomic E-state index is 11.7. The molecule has 0 bridgehead atoms. The highest BCUT2D eigenvalue weighted by Gasteiger charge is 2.18. The van der Waals surface area contributed by atoms with Crippen molar-refractivity contribution in [2.45, 2.75) is 135 Å². The van der Waals surface area contributed by atoms with E-state index in [1.807, 2.05) is 7.05 Å². The van der Waals surface area contributed by atoms with Gasteiger partial charge in [0.25, 0.3) is 0 Å². The zero-order chi connectivity index (χ0) is 20.2. The number of ether oxygens (including phenoxy) is 1. The van der Waals surface area contributed by atoms with Crippen LogP contribution in [-0.4, -0.2) is 31.2 Å². The molecular formula is C24H49NO2. The van der Waals surface area contributed by atoms with Crippen molar-refractivity contribution in [1.29, 1.82) is 0 Å². The topological polar surface area (TPSA) is 29.5 Å². The molecule has 162 valence electrons. The standard InChI is InChI=1S/C24H49NO2/c1-5-7-8-9-10-11-12-13-14-15-16-17-18-19-20-22-23(21-6-2)25(3)24(26)27-4/h23H,5-22H2,1-4H3. The van der Waals surface area contributed by atoms with Crippen molar-refractivity contribution in [3.63, 3.8) is 0 Å². The van der Waals surface area contributed by atoms with Gasteiger partial charge in [0, 0.05) is 13.1 Å². The lowest BCUT2D eigenvalue weighted by Crippen LogP contribution is -2.36. The van der Waals surface area contributed by atoms with Gasteiger partial charge in [-0.25, -0.2) is 4.79 Å². The fraction of sp³-hybridized carbons (Fsp3) is 0.958. The van der Waals surface area contributed by atoms with E-state index in [-0.39, 0.29) is 6.09 Å². The first-order valence-corrected chi connectivity index (χ1v) is 12.0. The average molecular weight is 384 g/mol. The second-order valence-electron chi connectivity index (χ2n) is 8.26. The Bertz CT molecular complexity index is 320. The lowest BCUT2D eigenvalue weighted by atomic mass is 10.0. The molecule has 0 N–H and O–H groups in total. The summed E-state index contributed by atoms with van der Waals surface area (Å²) >= 11 is 0. The molecule has 27 heavy (non-hydrogen) atoms. The van der Waals surface area contributed by atoms with E-state index in [9.17, 15) is 4.79 Å². The molecular weight excluding hydrogens is 334 g/mol. The second-order valence-corrected chi connectivity index (χ2v) is 8.26. The predicted octanol–water partition coefficient (Wildman–Crippen LogP) is 8.11. The van der Waals surface area contributed by atoms with Crippen LogP contribution in [0.4, 0.5) is 4.79 Å². The fourth-order valence-electron chi connectivity index (χ4n) is 3.91. The van der Waals surface area contributed by atoms with Crippen LogP contribution < -0.4 is 0 Å². The zero-order valence-corrected chi connectivity index (χ0v) is 19.1. The number of nitrogens with zero attached hydrogens (tertiary/aromatic N) is 1. The summed E-state index contributed by atoms with van der Waals surface area (Å²) in [6.45, 7) is 4.47. The van der Waals surface area contributed by atoms with Crippen LogP contribution in [0.15, 0.2) is 0 Å². The van der Waals surface area contributed by atoms with Crippen LogP contribution in [0.5, 0.6) is 0 Å². The molecule has 0 aliphatic heterocycles. The third-order valence-corrected chi connectivity index (χ3v) is 5.77. The van der Waals surface area contributed by atoms with E-state index in [2.05, 4.69) is 13.8 Å². The van der Waals surface area contributed by atoms with E-state index in [1.165, 1.54) is 103 Å². The molecule has 3 nitrogen and oxygen atoms in total. The fourth-order valence-corrected chi connectivity index (χ4v) is 3.91. The van der Waals surface area contributed by atoms with Gasteiger partial charge < -0.3 is 9.64 Å². The molecule has 0 fully saturated rings. The monoisotopic (exact) mass is 383 g/mol. The minimum Gasteiger partial charge on any atom is -0.453 e. The summed E-state index contributed by atoms with van der Waals surface area (Å²) in [6, 6.07) is 0.337. The van der Waals surface area contributed by atoms with Crippen LogP contribution in [0, 0.1) is 0 Å². The maximum atomic E-state index is 11.7. The first kappa shape index (κ1) is 26.3. The molecule has 3 heteroatoms. The number of hydrogen-bond acceptors (Lipinski definition) is 2. The average Bonchev–Trinajstić information content (AvgIpc) is 2.68. The molecule has 0 aromatic rings. The van der Waals surface area contributed by atoms with Gasteiger partial charge in [-0.05, 0) is 12.8 Å². The van der Waals surface area contributed by atoms with E-state index in [0.717, 1.165) is 19.3 Å². The van der Waals surface area contributed by atoms with Gasteiger partial charge in [-0.2, -0.15) is 0 Å². The Morgan fingerprint density at radius 2 is 1.07 bits per heavy atom. The highest BCUT2D eigenvalue weighted by Crippen LogP contribution is 2.17. The van der Waals surface area contributed by atoms with E-state index >= 15 is 0 Å². The molecule has 1 unspecified atom stereocenters. The predicted molar refractivity (Wildman–Crippen MR) is 118 cm³/mol. The summed E-state index contributed by atoms with van der Waals surface area (Å²) < 4.78 is 4.85. The van der Waals surface area contributed by atoms with Crippen LogP contribution in [0.3, 0.4) is 0 Å². The third kappa shape index (κ3) is 16.0. The second kappa shape index (κ2) is 20.0. The van der Waals surface area contributed by atoms with Gasteiger partial charge in [0.2, 0.25) is 0 Å². The number of hydrogen-bond donors (Lipinski definition) is 0. The number of carbonyl (C=O) groups excluding carboxylic acids is 1. The highest BCUT2D eigenvalue weighted by molar-refractivity contribution is 5.67. The summed E-state index contributed by atoms with van der Waals surface area (Å²) in [5, 5.41) is 0. The quantitative estimate of drug-likeness (QED) is 0.211. The Labute approximate surface area is 170 Å². The molecule has 1 amide bonds. The summed E-state index contributed by atoms with van der Waals surface area (Å²) in [5.41, 5.74) is 0. The number of rotatable bonds is 19. The molecule has 0 radical (unpaired) electrons. The van der Waals surface area contributed by atoms with Crippen molar-refractivity contribution >= 4 is 6.09 Å². The van der Waals surface area contributed by atoms with Crippen molar-refractivity contribution in [2.75, 3.05) is 14.2 Å². The van der Waals surface area contributed by atoms with E-state index < -0.39 is 0 Å². The molecule has 1 atom stereocenters. The normalized spacial score (nSPS) is 12.1. The number of carbonyl (C=O) groups is 1. The first-order chi connectivity index (χ1) is 13.2. The molecule has 0 aromatic carbocycles. The van der Waals surface area contributed by atoms with Crippen molar-refractivity contribution in [3.05, 3.63) is 0 Å². The van der Waals surface area contributed by atoms with E-state index in [4.69, 9.17) is 4.74 Å². The Hall–Kier alpha value is -0.730. The minimum atomic E-state index is -0.200. The molecule has 0 saturated carbocycles. The Balaban J connectivity index is 3.43. The van der Waals surface area contributed by atoms with Gasteiger partial charge in [0.15, 0.2) is 0 Å². The summed E-state index contributed by atoms with van der Waals surface area (Å²) in [4.78, 5) is 13.5. The number of methoxy groups -OCH3 is 1. The summed E-state index contributed by atoms with van der Waals surface area (Å²) in [5.74, 6) is 0. The number of unbranched alkanes of at least 4 members (excludes halogenated alkanes) is 14. The molecule has 0 aliphatic rings. The van der Waals surface area contributed by atoms with Crippen LogP contribution in [0.1, 0.15) is 129 Å². The van der Waals surface area contributed by atoms with Gasteiger partial charge in [-0.1, -0.05) is 117 Å². The van der Waals surface area contributed by atoms with Gasteiger partial charge >= 0.3 is 6.09 Å². The summed E-state index contributed by atoms with van der Waals surface area (Å²) in [6.07, 6.45) is 24.0. The van der Waals surface area contributed by atoms with Gasteiger partial charge in [0.05, 0.1) is 7.11 Å². The number of amides is 1. The van der Waals surface area contributed by atoms with Crippen molar-refractivity contribution in [3.8, 4) is 0 Å². The van der Waals surface area contributed by atoms with Gasteiger partial charge in [-0.3, -0.25) is 0 Å². The van der Waals surface area contributed by atoms with Crippen LogP contribution in [-0.2, 0) is 4.74 Å². The lowest BCUT2D eigenvalue weighted by Gasteiger charge is -2.26. The molecule has 0 rings (SSSR count). The minimum absolute atomic E-state index is 0.200. The largest absolute Gasteiger partial charge is 0.453 e. The molecule has 0 spiro atoms. The van der Waals surface area contributed by atoms with Crippen molar-refractivity contribution in [2.24, 2.45) is 0 Å². The van der Waals surface area contributed by atoms with Crippen molar-refractivity contribution < 1.29 is 9.53 Å². The van der Waals surface area contributed by atoms with Crippen LogP contribution >= 0.6 is 0 Å². The lowest BCUT2D eigenvalue weighted by molar-refractivity contribution is 0.112. The van der Waals surface area contributed by atoms with Gasteiger partial charge in [-0.15, -0.1) is 0 Å². The van der Waals surface area contributed by atoms with Gasteiger partial charge in [0.1, 0.15) is 0 Å². The molecule has 0 aromatic heterocycles. The molecule has 0 saturated heterocycles. The molecule has 0 heterocycles. The third-order valence-electron chi connectivity index (χ3n) is 5.77. The highest BCUT2D eigenvalue weighted by atomic mass is 16.5. The van der Waals surface area contributed by atoms with E-state index in [1.54, 1.807) is 4.90 Å². The smallest absolute Gasteiger partial charge is 0.409 e. The summed E-state index contributed by atoms with van der Waals surface area (Å²) in [7, 11) is 3.34.